The van der Waals surface area contributed by atoms with Crippen molar-refractivity contribution in [3.63, 3.8) is 0 Å². The third-order valence-corrected chi connectivity index (χ3v) is 5.51. The fraction of sp³-hybridized carbons (Fsp3) is 0.720. The zero-order chi connectivity index (χ0) is 20.5. The van der Waals surface area contributed by atoms with Crippen LogP contribution in [0.5, 0.6) is 5.75 Å². The van der Waals surface area contributed by atoms with Crippen molar-refractivity contribution in [1.82, 2.24) is 0 Å². The first-order chi connectivity index (χ1) is 13.7. The molecule has 0 amide bonds. The Labute approximate surface area is 172 Å². The largest absolute Gasteiger partial charge is 0.507 e. The van der Waals surface area contributed by atoms with Gasteiger partial charge >= 0.3 is 5.97 Å². The summed E-state index contributed by atoms with van der Waals surface area (Å²) in [5.41, 5.74) is 0.263. The topological polar surface area (TPSA) is 46.5 Å². The standard InChI is InChI=1S/C25H42O3/c1-3-5-7-9-10-11-12-14-18-22(17-13-8-6-4-2)21-28-25(27)23-19-15-16-20-24(23)26/h15-16,19-20,22,26H,3-14,17-18,21H2,1-2H3. The van der Waals surface area contributed by atoms with Gasteiger partial charge in [0.05, 0.1) is 6.61 Å². The second kappa shape index (κ2) is 16.4. The highest BCUT2D eigenvalue weighted by Crippen LogP contribution is 2.22. The molecule has 0 aromatic heterocycles. The van der Waals surface area contributed by atoms with E-state index in [-0.39, 0.29) is 11.3 Å². The first kappa shape index (κ1) is 24.5. The highest BCUT2D eigenvalue weighted by Gasteiger charge is 2.15. The molecule has 0 spiro atoms. The van der Waals surface area contributed by atoms with E-state index in [2.05, 4.69) is 13.8 Å². The molecule has 0 bridgehead atoms. The van der Waals surface area contributed by atoms with Gasteiger partial charge in [0.2, 0.25) is 0 Å². The van der Waals surface area contributed by atoms with Crippen LogP contribution in [0.3, 0.4) is 0 Å². The molecule has 0 aliphatic heterocycles. The van der Waals surface area contributed by atoms with Gasteiger partial charge in [-0.3, -0.25) is 0 Å². The Hall–Kier alpha value is -1.51. The van der Waals surface area contributed by atoms with Crippen LogP contribution in [-0.2, 0) is 4.74 Å². The molecule has 0 aliphatic rings. The van der Waals surface area contributed by atoms with Crippen LogP contribution in [0, 0.1) is 5.92 Å². The quantitative estimate of drug-likeness (QED) is 0.219. The van der Waals surface area contributed by atoms with Gasteiger partial charge in [-0.15, -0.1) is 0 Å². The van der Waals surface area contributed by atoms with Crippen molar-refractivity contribution in [3.05, 3.63) is 29.8 Å². The molecule has 3 heteroatoms. The van der Waals surface area contributed by atoms with Crippen molar-refractivity contribution in [1.29, 1.82) is 0 Å². The van der Waals surface area contributed by atoms with Gasteiger partial charge in [0.1, 0.15) is 11.3 Å². The number of aromatic hydroxyl groups is 1. The van der Waals surface area contributed by atoms with E-state index >= 15 is 0 Å². The summed E-state index contributed by atoms with van der Waals surface area (Å²) in [7, 11) is 0. The molecule has 28 heavy (non-hydrogen) atoms. The lowest BCUT2D eigenvalue weighted by Crippen LogP contribution is -2.15. The van der Waals surface area contributed by atoms with Gasteiger partial charge in [0, 0.05) is 0 Å². The molecular weight excluding hydrogens is 348 g/mol. The monoisotopic (exact) mass is 390 g/mol. The highest BCUT2D eigenvalue weighted by molar-refractivity contribution is 5.92. The summed E-state index contributed by atoms with van der Waals surface area (Å²) in [5, 5.41) is 9.82. The number of carbonyl (C=O) groups excluding carboxylic acids is 1. The van der Waals surface area contributed by atoms with Crippen LogP contribution in [0.25, 0.3) is 0 Å². The van der Waals surface area contributed by atoms with Crippen LogP contribution in [0.1, 0.15) is 114 Å². The summed E-state index contributed by atoms with van der Waals surface area (Å²) in [6.07, 6.45) is 17.8. The van der Waals surface area contributed by atoms with Crippen LogP contribution in [-0.4, -0.2) is 17.7 Å². The summed E-state index contributed by atoms with van der Waals surface area (Å²) >= 11 is 0. The summed E-state index contributed by atoms with van der Waals surface area (Å²) < 4.78 is 5.55. The number of phenols is 1. The predicted molar refractivity (Wildman–Crippen MR) is 118 cm³/mol. The smallest absolute Gasteiger partial charge is 0.341 e. The molecular formula is C25H42O3. The molecule has 160 valence electrons. The number of rotatable bonds is 17. The summed E-state index contributed by atoms with van der Waals surface area (Å²) in [5.74, 6) is 0.0226. The molecule has 0 fully saturated rings. The van der Waals surface area contributed by atoms with Crippen molar-refractivity contribution in [2.75, 3.05) is 6.61 Å². The number of carbonyl (C=O) groups is 1. The van der Waals surface area contributed by atoms with E-state index in [9.17, 15) is 9.90 Å². The Morgan fingerprint density at radius 1 is 0.821 bits per heavy atom. The first-order valence-corrected chi connectivity index (χ1v) is 11.6. The molecule has 1 rings (SSSR count). The van der Waals surface area contributed by atoms with E-state index in [1.165, 1.54) is 83.1 Å². The lowest BCUT2D eigenvalue weighted by Gasteiger charge is -2.17. The zero-order valence-corrected chi connectivity index (χ0v) is 18.3. The molecule has 0 saturated heterocycles. The van der Waals surface area contributed by atoms with E-state index in [0.717, 1.165) is 12.8 Å². The van der Waals surface area contributed by atoms with Gasteiger partial charge in [-0.25, -0.2) is 4.79 Å². The third-order valence-electron chi connectivity index (χ3n) is 5.51. The van der Waals surface area contributed by atoms with Gasteiger partial charge in [0.15, 0.2) is 0 Å². The normalized spacial score (nSPS) is 12.1. The fourth-order valence-corrected chi connectivity index (χ4v) is 3.66. The van der Waals surface area contributed by atoms with Crippen LogP contribution in [0.4, 0.5) is 0 Å². The van der Waals surface area contributed by atoms with E-state index in [1.54, 1.807) is 18.2 Å². The predicted octanol–water partition coefficient (Wildman–Crippen LogP) is 7.67. The molecule has 1 aromatic carbocycles. The van der Waals surface area contributed by atoms with Crippen LogP contribution < -0.4 is 0 Å². The summed E-state index contributed by atoms with van der Waals surface area (Å²) in [6, 6.07) is 6.61. The molecule has 0 radical (unpaired) electrons. The van der Waals surface area contributed by atoms with E-state index in [4.69, 9.17) is 4.74 Å². The number of unbranched alkanes of at least 4 members (excludes halogenated alkanes) is 10. The maximum absolute atomic E-state index is 12.3. The molecule has 1 aromatic rings. The SMILES string of the molecule is CCCCCCCCCCC(CCCCCC)COC(=O)c1ccccc1O. The van der Waals surface area contributed by atoms with Gasteiger partial charge < -0.3 is 9.84 Å². The molecule has 1 N–H and O–H groups in total. The van der Waals surface area contributed by atoms with Gasteiger partial charge in [-0.1, -0.05) is 103 Å². The molecule has 0 heterocycles. The minimum Gasteiger partial charge on any atom is -0.507 e. The lowest BCUT2D eigenvalue weighted by atomic mass is 9.95. The van der Waals surface area contributed by atoms with Gasteiger partial charge in [-0.05, 0) is 30.9 Å². The summed E-state index contributed by atoms with van der Waals surface area (Å²) in [6.45, 7) is 4.95. The Morgan fingerprint density at radius 3 is 1.89 bits per heavy atom. The Morgan fingerprint density at radius 2 is 1.32 bits per heavy atom. The van der Waals surface area contributed by atoms with E-state index in [1.807, 2.05) is 0 Å². The number of esters is 1. The maximum atomic E-state index is 12.3. The minimum atomic E-state index is -0.410. The zero-order valence-electron chi connectivity index (χ0n) is 18.3. The number of para-hydroxylation sites is 1. The van der Waals surface area contributed by atoms with Crippen molar-refractivity contribution < 1.29 is 14.6 Å². The number of hydrogen-bond donors (Lipinski definition) is 1. The van der Waals surface area contributed by atoms with Gasteiger partial charge in [0.25, 0.3) is 0 Å². The first-order valence-electron chi connectivity index (χ1n) is 11.6. The molecule has 3 nitrogen and oxygen atoms in total. The van der Waals surface area contributed by atoms with Crippen molar-refractivity contribution in [2.45, 2.75) is 104 Å². The molecule has 1 unspecified atom stereocenters. The van der Waals surface area contributed by atoms with E-state index < -0.39 is 5.97 Å². The third kappa shape index (κ3) is 11.4. The second-order valence-corrected chi connectivity index (χ2v) is 8.09. The van der Waals surface area contributed by atoms with Crippen LogP contribution in [0.2, 0.25) is 0 Å². The number of hydrogen-bond acceptors (Lipinski definition) is 3. The van der Waals surface area contributed by atoms with Crippen LogP contribution in [0.15, 0.2) is 24.3 Å². The Bertz CT molecular complexity index is 512. The molecule has 1 atom stereocenters. The van der Waals surface area contributed by atoms with E-state index in [0.29, 0.717) is 12.5 Å². The van der Waals surface area contributed by atoms with Crippen molar-refractivity contribution in [2.24, 2.45) is 5.92 Å². The Kier molecular flexibility index (Phi) is 14.4. The average Bonchev–Trinajstić information content (AvgIpc) is 2.70. The maximum Gasteiger partial charge on any atom is 0.341 e. The number of phenolic OH excluding ortho intramolecular Hbond substituents is 1. The highest BCUT2D eigenvalue weighted by atomic mass is 16.5. The second-order valence-electron chi connectivity index (χ2n) is 8.09. The number of benzene rings is 1. The fourth-order valence-electron chi connectivity index (χ4n) is 3.66. The van der Waals surface area contributed by atoms with Gasteiger partial charge in [-0.2, -0.15) is 0 Å². The number of ether oxygens (including phenoxy) is 1. The molecule has 0 saturated carbocycles. The van der Waals surface area contributed by atoms with Crippen LogP contribution >= 0.6 is 0 Å². The molecule has 0 aliphatic carbocycles. The summed E-state index contributed by atoms with van der Waals surface area (Å²) in [4.78, 5) is 12.3. The average molecular weight is 391 g/mol. The lowest BCUT2D eigenvalue weighted by molar-refractivity contribution is 0.0419. The Balaban J connectivity index is 2.33. The minimum absolute atomic E-state index is 0.00457. The van der Waals surface area contributed by atoms with Crippen molar-refractivity contribution in [3.8, 4) is 5.75 Å². The van der Waals surface area contributed by atoms with Crippen molar-refractivity contribution >= 4 is 5.97 Å².